The van der Waals surface area contributed by atoms with Crippen LogP contribution in [0.4, 0.5) is 5.69 Å². The second kappa shape index (κ2) is 6.23. The van der Waals surface area contributed by atoms with Crippen LogP contribution in [0.3, 0.4) is 0 Å². The van der Waals surface area contributed by atoms with Crippen LogP contribution >= 0.6 is 0 Å². The molecule has 0 spiro atoms. The van der Waals surface area contributed by atoms with Gasteiger partial charge in [0.05, 0.1) is 6.26 Å². The van der Waals surface area contributed by atoms with Crippen molar-refractivity contribution in [2.45, 2.75) is 20.4 Å². The highest BCUT2D eigenvalue weighted by Crippen LogP contribution is 2.19. The Kier molecular flexibility index (Phi) is 5.08. The van der Waals surface area contributed by atoms with E-state index in [1.807, 2.05) is 0 Å². The minimum absolute atomic E-state index is 0.147. The largest absolute Gasteiger partial charge is 0.480 e. The summed E-state index contributed by atoms with van der Waals surface area (Å²) in [5, 5.41) is 11.5. The summed E-state index contributed by atoms with van der Waals surface area (Å²) in [4.78, 5) is 22.8. The number of aliphatic carboxylic acids is 1. The molecule has 21 heavy (non-hydrogen) atoms. The van der Waals surface area contributed by atoms with Gasteiger partial charge in [0.1, 0.15) is 5.41 Å². The molecule has 0 unspecified atom stereocenters. The first-order valence-corrected chi connectivity index (χ1v) is 8.00. The number of rotatable bonds is 6. The fourth-order valence-corrected chi connectivity index (χ4v) is 1.73. The van der Waals surface area contributed by atoms with Gasteiger partial charge in [0, 0.05) is 12.2 Å². The third-order valence-corrected chi connectivity index (χ3v) is 3.52. The van der Waals surface area contributed by atoms with Crippen molar-refractivity contribution in [2.24, 2.45) is 5.41 Å². The number of carbonyl (C=O) groups is 2. The van der Waals surface area contributed by atoms with Gasteiger partial charge in [-0.1, -0.05) is 12.1 Å². The average molecular weight is 314 g/mol. The van der Waals surface area contributed by atoms with Crippen molar-refractivity contribution in [3.63, 3.8) is 0 Å². The Labute approximate surface area is 123 Å². The average Bonchev–Trinajstić information content (AvgIpc) is 2.36. The number of sulfonamides is 1. The number of amides is 1. The second-order valence-corrected chi connectivity index (χ2v) is 7.01. The van der Waals surface area contributed by atoms with E-state index in [0.717, 1.165) is 11.8 Å². The molecule has 0 saturated heterocycles. The van der Waals surface area contributed by atoms with Gasteiger partial charge >= 0.3 is 5.97 Å². The molecule has 0 radical (unpaired) electrons. The maximum atomic E-state index is 11.8. The lowest BCUT2D eigenvalue weighted by Crippen LogP contribution is -2.37. The van der Waals surface area contributed by atoms with Crippen molar-refractivity contribution in [3.8, 4) is 0 Å². The summed E-state index contributed by atoms with van der Waals surface area (Å²) >= 11 is 0. The molecule has 0 saturated carbocycles. The van der Waals surface area contributed by atoms with Gasteiger partial charge in [-0.05, 0) is 31.5 Å². The van der Waals surface area contributed by atoms with E-state index < -0.39 is 27.3 Å². The monoisotopic (exact) mass is 314 g/mol. The number of anilines is 1. The third kappa shape index (κ3) is 5.16. The Hall–Kier alpha value is -1.93. The summed E-state index contributed by atoms with van der Waals surface area (Å²) in [5.74, 6) is -1.84. The number of hydrogen-bond donors (Lipinski definition) is 3. The molecule has 0 heterocycles. The van der Waals surface area contributed by atoms with Gasteiger partial charge in [-0.3, -0.25) is 9.59 Å². The quantitative estimate of drug-likeness (QED) is 0.672. The molecule has 0 atom stereocenters. The summed E-state index contributed by atoms with van der Waals surface area (Å²) in [6.45, 7) is 2.78. The molecule has 0 aliphatic carbocycles. The minimum atomic E-state index is -3.27. The van der Waals surface area contributed by atoms with E-state index in [1.165, 1.54) is 13.8 Å². The van der Waals surface area contributed by atoms with Crippen LogP contribution < -0.4 is 10.0 Å². The van der Waals surface area contributed by atoms with Crippen molar-refractivity contribution in [1.29, 1.82) is 0 Å². The molecule has 1 amide bonds. The van der Waals surface area contributed by atoms with Gasteiger partial charge in [0.15, 0.2) is 0 Å². The number of benzene rings is 1. The van der Waals surface area contributed by atoms with Crippen LogP contribution in [0, 0.1) is 5.41 Å². The van der Waals surface area contributed by atoms with E-state index in [-0.39, 0.29) is 6.54 Å². The summed E-state index contributed by atoms with van der Waals surface area (Å²) in [7, 11) is -3.27. The van der Waals surface area contributed by atoms with Crippen molar-refractivity contribution in [2.75, 3.05) is 11.6 Å². The highest BCUT2D eigenvalue weighted by molar-refractivity contribution is 7.88. The molecule has 0 aliphatic heterocycles. The highest BCUT2D eigenvalue weighted by Gasteiger charge is 2.35. The van der Waals surface area contributed by atoms with Crippen LogP contribution in [0.2, 0.25) is 0 Å². The first-order chi connectivity index (χ1) is 9.52. The Morgan fingerprint density at radius 2 is 1.71 bits per heavy atom. The molecule has 0 aliphatic rings. The Morgan fingerprint density at radius 3 is 2.14 bits per heavy atom. The van der Waals surface area contributed by atoms with Crippen LogP contribution in [0.25, 0.3) is 0 Å². The second-order valence-electron chi connectivity index (χ2n) is 5.17. The zero-order valence-electron chi connectivity index (χ0n) is 12.0. The standard InChI is InChI=1S/C13H18N2O5S/c1-13(2,12(17)18)11(16)15-10-6-4-9(5-7-10)8-14-21(3,19)20/h4-7,14H,8H2,1-3H3,(H,15,16)(H,17,18). The third-order valence-electron chi connectivity index (χ3n) is 2.85. The van der Waals surface area contributed by atoms with Crippen LogP contribution in [-0.2, 0) is 26.2 Å². The molecular formula is C13H18N2O5S. The van der Waals surface area contributed by atoms with Crippen molar-refractivity contribution >= 4 is 27.6 Å². The number of carboxylic acids is 1. The van der Waals surface area contributed by atoms with Crippen LogP contribution in [0.15, 0.2) is 24.3 Å². The topological polar surface area (TPSA) is 113 Å². The molecule has 0 bridgehead atoms. The van der Waals surface area contributed by atoms with E-state index in [2.05, 4.69) is 10.0 Å². The minimum Gasteiger partial charge on any atom is -0.480 e. The summed E-state index contributed by atoms with van der Waals surface area (Å²) < 4.78 is 24.3. The lowest BCUT2D eigenvalue weighted by Gasteiger charge is -2.18. The van der Waals surface area contributed by atoms with E-state index in [1.54, 1.807) is 24.3 Å². The van der Waals surface area contributed by atoms with Gasteiger partial charge in [-0.15, -0.1) is 0 Å². The molecule has 3 N–H and O–H groups in total. The fourth-order valence-electron chi connectivity index (χ4n) is 1.30. The first kappa shape index (κ1) is 17.1. The normalized spacial score (nSPS) is 12.0. The molecule has 1 rings (SSSR count). The first-order valence-electron chi connectivity index (χ1n) is 6.11. The molecule has 0 aromatic heterocycles. The van der Waals surface area contributed by atoms with Gasteiger partial charge in [0.2, 0.25) is 15.9 Å². The van der Waals surface area contributed by atoms with E-state index >= 15 is 0 Å². The highest BCUT2D eigenvalue weighted by atomic mass is 32.2. The maximum absolute atomic E-state index is 11.8. The van der Waals surface area contributed by atoms with Crippen molar-refractivity contribution < 1.29 is 23.1 Å². The summed E-state index contributed by atoms with van der Waals surface area (Å²) in [6.07, 6.45) is 1.07. The van der Waals surface area contributed by atoms with Gasteiger partial charge < -0.3 is 10.4 Å². The number of hydrogen-bond acceptors (Lipinski definition) is 4. The lowest BCUT2D eigenvalue weighted by atomic mass is 9.92. The Bertz CT molecular complexity index is 635. The van der Waals surface area contributed by atoms with Crippen LogP contribution in [0.5, 0.6) is 0 Å². The Balaban J connectivity index is 2.71. The molecule has 1 aromatic rings. The lowest BCUT2D eigenvalue weighted by molar-refractivity contribution is -0.151. The number of carboxylic acid groups (broad SMARTS) is 1. The van der Waals surface area contributed by atoms with Crippen LogP contribution in [-0.4, -0.2) is 31.7 Å². The molecular weight excluding hydrogens is 296 g/mol. The molecule has 7 nitrogen and oxygen atoms in total. The van der Waals surface area contributed by atoms with Gasteiger partial charge in [-0.2, -0.15) is 0 Å². The van der Waals surface area contributed by atoms with E-state index in [9.17, 15) is 18.0 Å². The summed E-state index contributed by atoms with van der Waals surface area (Å²) in [6, 6.07) is 6.44. The predicted molar refractivity (Wildman–Crippen MR) is 78.2 cm³/mol. The zero-order chi connectivity index (χ0) is 16.3. The van der Waals surface area contributed by atoms with E-state index in [4.69, 9.17) is 5.11 Å². The zero-order valence-corrected chi connectivity index (χ0v) is 12.8. The maximum Gasteiger partial charge on any atom is 0.318 e. The van der Waals surface area contributed by atoms with Crippen molar-refractivity contribution in [3.05, 3.63) is 29.8 Å². The summed E-state index contributed by atoms with van der Waals surface area (Å²) in [5.41, 5.74) is -0.371. The molecule has 116 valence electrons. The SMILES string of the molecule is CC(C)(C(=O)O)C(=O)Nc1ccc(CNS(C)(=O)=O)cc1. The van der Waals surface area contributed by atoms with Gasteiger partial charge in [0.25, 0.3) is 0 Å². The van der Waals surface area contributed by atoms with Gasteiger partial charge in [-0.25, -0.2) is 13.1 Å². The number of nitrogens with one attached hydrogen (secondary N) is 2. The van der Waals surface area contributed by atoms with E-state index in [0.29, 0.717) is 5.69 Å². The number of carbonyl (C=O) groups excluding carboxylic acids is 1. The fraction of sp³-hybridized carbons (Fsp3) is 0.385. The molecule has 1 aromatic carbocycles. The molecule has 8 heteroatoms. The smallest absolute Gasteiger partial charge is 0.318 e. The predicted octanol–water partition coefficient (Wildman–Crippen LogP) is 0.785. The van der Waals surface area contributed by atoms with Crippen LogP contribution in [0.1, 0.15) is 19.4 Å². The molecule has 0 fully saturated rings. The Morgan fingerprint density at radius 1 is 1.19 bits per heavy atom. The van der Waals surface area contributed by atoms with Crippen molar-refractivity contribution in [1.82, 2.24) is 4.72 Å².